The number of nitrogens with one attached hydrogen (secondary N) is 1. The van der Waals surface area contributed by atoms with Crippen molar-refractivity contribution < 1.29 is 4.79 Å². The van der Waals surface area contributed by atoms with Crippen LogP contribution in [0.25, 0.3) is 16.9 Å². The number of hydrogen-bond acceptors (Lipinski definition) is 3. The van der Waals surface area contributed by atoms with Crippen LogP contribution in [0.4, 0.5) is 5.69 Å². The van der Waals surface area contributed by atoms with Crippen LogP contribution < -0.4 is 5.32 Å². The summed E-state index contributed by atoms with van der Waals surface area (Å²) in [4.78, 5) is 21.3. The monoisotopic (exact) mass is 328 g/mol. The number of anilines is 1. The van der Waals surface area contributed by atoms with Gasteiger partial charge in [-0.05, 0) is 43.3 Å². The van der Waals surface area contributed by atoms with Crippen LogP contribution in [0.3, 0.4) is 0 Å². The van der Waals surface area contributed by atoms with E-state index in [-0.39, 0.29) is 5.91 Å². The molecule has 0 atom stereocenters. The fourth-order valence-corrected chi connectivity index (χ4v) is 2.81. The minimum absolute atomic E-state index is 0.228. The molecule has 0 saturated heterocycles. The van der Waals surface area contributed by atoms with Gasteiger partial charge in [-0.2, -0.15) is 0 Å². The van der Waals surface area contributed by atoms with Gasteiger partial charge in [-0.15, -0.1) is 0 Å². The molecule has 0 aliphatic heterocycles. The number of para-hydroxylation sites is 1. The third-order valence-corrected chi connectivity index (χ3v) is 4.09. The van der Waals surface area contributed by atoms with Gasteiger partial charge in [-0.1, -0.05) is 24.3 Å². The lowest BCUT2D eigenvalue weighted by Gasteiger charge is -2.07. The summed E-state index contributed by atoms with van der Waals surface area (Å²) in [6.45, 7) is 2.00. The summed E-state index contributed by atoms with van der Waals surface area (Å²) in [5, 5.41) is 2.86. The Balaban J connectivity index is 1.71. The smallest absolute Gasteiger partial charge is 0.275 e. The number of nitrogens with zero attached hydrogens (tertiary/aromatic N) is 3. The van der Waals surface area contributed by atoms with Gasteiger partial charge in [0.15, 0.2) is 0 Å². The second kappa shape index (κ2) is 6.20. The van der Waals surface area contributed by atoms with Gasteiger partial charge in [0.2, 0.25) is 0 Å². The first-order chi connectivity index (χ1) is 12.2. The standard InChI is InChI=1S/C20H16N4O/c1-14-16(17-9-5-6-12-21-17)10-11-19-23-18(13-24(14)19)20(25)22-15-7-3-2-4-8-15/h2-13H,1H3,(H,22,25). The van der Waals surface area contributed by atoms with E-state index in [9.17, 15) is 4.79 Å². The van der Waals surface area contributed by atoms with Crippen molar-refractivity contribution in [2.24, 2.45) is 0 Å². The van der Waals surface area contributed by atoms with Crippen molar-refractivity contribution in [2.45, 2.75) is 6.92 Å². The molecule has 0 spiro atoms. The van der Waals surface area contributed by atoms with Gasteiger partial charge in [0.25, 0.3) is 5.91 Å². The summed E-state index contributed by atoms with van der Waals surface area (Å²) < 4.78 is 1.92. The molecule has 1 aromatic carbocycles. The molecule has 4 aromatic rings. The number of fused-ring (bicyclic) bond motifs is 1. The fraction of sp³-hybridized carbons (Fsp3) is 0.0500. The van der Waals surface area contributed by atoms with E-state index >= 15 is 0 Å². The Morgan fingerprint density at radius 3 is 2.56 bits per heavy atom. The molecular formula is C20H16N4O. The summed E-state index contributed by atoms with van der Waals surface area (Å²) in [7, 11) is 0. The van der Waals surface area contributed by atoms with Crippen molar-refractivity contribution in [3.8, 4) is 11.3 Å². The maximum atomic E-state index is 12.5. The van der Waals surface area contributed by atoms with E-state index in [1.54, 1.807) is 12.4 Å². The van der Waals surface area contributed by atoms with E-state index in [4.69, 9.17) is 0 Å². The number of pyridine rings is 2. The molecule has 0 aliphatic carbocycles. The number of aryl methyl sites for hydroxylation is 1. The average molecular weight is 328 g/mol. The SMILES string of the molecule is Cc1c(-c2ccccn2)ccc2nc(C(=O)Nc3ccccc3)cn12. The van der Waals surface area contributed by atoms with Gasteiger partial charge < -0.3 is 9.72 Å². The molecule has 0 radical (unpaired) electrons. The molecule has 25 heavy (non-hydrogen) atoms. The first kappa shape index (κ1) is 15.1. The summed E-state index contributed by atoms with van der Waals surface area (Å²) in [6.07, 6.45) is 3.53. The third-order valence-electron chi connectivity index (χ3n) is 4.09. The highest BCUT2D eigenvalue weighted by molar-refractivity contribution is 6.03. The third kappa shape index (κ3) is 2.87. The van der Waals surface area contributed by atoms with Crippen molar-refractivity contribution in [1.29, 1.82) is 0 Å². The quantitative estimate of drug-likeness (QED) is 0.619. The predicted octanol–water partition coefficient (Wildman–Crippen LogP) is 3.96. The van der Waals surface area contributed by atoms with Crippen molar-refractivity contribution in [2.75, 3.05) is 5.32 Å². The number of carbonyl (C=O) groups excluding carboxylic acids is 1. The average Bonchev–Trinajstić information content (AvgIpc) is 3.09. The van der Waals surface area contributed by atoms with Gasteiger partial charge in [0, 0.05) is 29.3 Å². The van der Waals surface area contributed by atoms with Crippen molar-refractivity contribution in [3.05, 3.63) is 84.4 Å². The Labute approximate surface area is 145 Å². The molecule has 5 nitrogen and oxygen atoms in total. The molecule has 0 saturated carbocycles. The lowest BCUT2D eigenvalue weighted by molar-refractivity contribution is 0.102. The highest BCUT2D eigenvalue weighted by atomic mass is 16.1. The molecule has 4 rings (SSSR count). The zero-order valence-electron chi connectivity index (χ0n) is 13.7. The Morgan fingerprint density at radius 2 is 1.80 bits per heavy atom. The second-order valence-corrected chi connectivity index (χ2v) is 5.72. The van der Waals surface area contributed by atoms with Crippen molar-refractivity contribution >= 4 is 17.2 Å². The molecule has 0 aliphatic rings. The van der Waals surface area contributed by atoms with Crippen LogP contribution in [0.5, 0.6) is 0 Å². The molecule has 5 heteroatoms. The topological polar surface area (TPSA) is 59.3 Å². The highest BCUT2D eigenvalue weighted by Gasteiger charge is 2.14. The molecule has 1 amide bonds. The van der Waals surface area contributed by atoms with Crippen molar-refractivity contribution in [3.63, 3.8) is 0 Å². The highest BCUT2D eigenvalue weighted by Crippen LogP contribution is 2.23. The van der Waals surface area contributed by atoms with Crippen LogP contribution in [0.2, 0.25) is 0 Å². The molecule has 0 fully saturated rings. The minimum atomic E-state index is -0.228. The normalized spacial score (nSPS) is 10.8. The number of imidazole rings is 1. The molecule has 3 aromatic heterocycles. The van der Waals surface area contributed by atoms with Crippen molar-refractivity contribution in [1.82, 2.24) is 14.4 Å². The maximum Gasteiger partial charge on any atom is 0.275 e. The zero-order valence-corrected chi connectivity index (χ0v) is 13.7. The van der Waals surface area contributed by atoms with E-state index in [1.165, 1.54) is 0 Å². The van der Waals surface area contributed by atoms with Crippen LogP contribution in [-0.2, 0) is 0 Å². The van der Waals surface area contributed by atoms with E-state index < -0.39 is 0 Å². The zero-order chi connectivity index (χ0) is 17.2. The summed E-state index contributed by atoms with van der Waals surface area (Å²) in [6, 6.07) is 19.0. The van der Waals surface area contributed by atoms with Gasteiger partial charge >= 0.3 is 0 Å². The van der Waals surface area contributed by atoms with Crippen LogP contribution in [0.1, 0.15) is 16.2 Å². The molecule has 122 valence electrons. The first-order valence-corrected chi connectivity index (χ1v) is 7.99. The summed E-state index contributed by atoms with van der Waals surface area (Å²) in [5.74, 6) is -0.228. The molecular weight excluding hydrogens is 312 g/mol. The number of rotatable bonds is 3. The Hall–Kier alpha value is -3.47. The van der Waals surface area contributed by atoms with Crippen LogP contribution in [0.15, 0.2) is 73.1 Å². The van der Waals surface area contributed by atoms with Crippen LogP contribution in [-0.4, -0.2) is 20.3 Å². The molecule has 3 heterocycles. The fourth-order valence-electron chi connectivity index (χ4n) is 2.81. The predicted molar refractivity (Wildman–Crippen MR) is 97.6 cm³/mol. The lowest BCUT2D eigenvalue weighted by atomic mass is 10.1. The maximum absolute atomic E-state index is 12.5. The van der Waals surface area contributed by atoms with Crippen LogP contribution in [0, 0.1) is 6.92 Å². The molecule has 1 N–H and O–H groups in total. The van der Waals surface area contributed by atoms with E-state index in [1.807, 2.05) is 72.0 Å². The van der Waals surface area contributed by atoms with Gasteiger partial charge in [0.1, 0.15) is 11.3 Å². The summed E-state index contributed by atoms with van der Waals surface area (Å²) >= 11 is 0. The van der Waals surface area contributed by atoms with E-state index in [0.717, 1.165) is 28.3 Å². The van der Waals surface area contributed by atoms with Gasteiger partial charge in [-0.3, -0.25) is 9.78 Å². The molecule has 0 unspecified atom stereocenters. The van der Waals surface area contributed by atoms with Gasteiger partial charge in [0.05, 0.1) is 5.69 Å². The Bertz CT molecular complexity index is 1040. The first-order valence-electron chi connectivity index (χ1n) is 7.99. The second-order valence-electron chi connectivity index (χ2n) is 5.72. The summed E-state index contributed by atoms with van der Waals surface area (Å²) in [5.41, 5.74) is 4.75. The minimum Gasteiger partial charge on any atom is -0.321 e. The largest absolute Gasteiger partial charge is 0.321 e. The van der Waals surface area contributed by atoms with Crippen LogP contribution >= 0.6 is 0 Å². The lowest BCUT2D eigenvalue weighted by Crippen LogP contribution is -2.12. The number of carbonyl (C=O) groups is 1. The number of amides is 1. The molecule has 0 bridgehead atoms. The Morgan fingerprint density at radius 1 is 1.00 bits per heavy atom. The number of aromatic nitrogens is 3. The number of benzene rings is 1. The Kier molecular flexibility index (Phi) is 3.74. The van der Waals surface area contributed by atoms with Gasteiger partial charge in [-0.25, -0.2) is 4.98 Å². The van der Waals surface area contributed by atoms with E-state index in [2.05, 4.69) is 15.3 Å². The number of hydrogen-bond donors (Lipinski definition) is 1. The van der Waals surface area contributed by atoms with E-state index in [0.29, 0.717) is 5.69 Å².